The van der Waals surface area contributed by atoms with Gasteiger partial charge in [0.15, 0.2) is 11.6 Å². The molecule has 3 heterocycles. The summed E-state index contributed by atoms with van der Waals surface area (Å²) in [5.74, 6) is 1.18. The molecule has 2 aromatic rings. The molecule has 2 aliphatic rings. The van der Waals surface area contributed by atoms with Gasteiger partial charge in [0.2, 0.25) is 0 Å². The standard InChI is InChI=1S/C22H27N5O2/c28-22(19-9-5-17-29-19)23-20-10-11-21(25-24-20)27-15-13-26(14-16-27)12-4-8-18-6-2-1-3-7-18/h1-4,6-8,10-11,19H,5,9,12-17H2,(H,23,24,28)/b8-4+. The highest BCUT2D eigenvalue weighted by atomic mass is 16.5. The van der Waals surface area contributed by atoms with Crippen molar-refractivity contribution >= 4 is 23.6 Å². The molecule has 29 heavy (non-hydrogen) atoms. The van der Waals surface area contributed by atoms with Gasteiger partial charge in [0.25, 0.3) is 5.91 Å². The summed E-state index contributed by atoms with van der Waals surface area (Å²) in [6, 6.07) is 14.1. The number of nitrogens with one attached hydrogen (secondary N) is 1. The molecular formula is C22H27N5O2. The SMILES string of the molecule is O=C(Nc1ccc(N2CCN(C/C=C/c3ccccc3)CC2)nn1)C1CCCO1. The van der Waals surface area contributed by atoms with Gasteiger partial charge in [-0.3, -0.25) is 9.69 Å². The Labute approximate surface area is 171 Å². The number of ether oxygens (including phenoxy) is 1. The Kier molecular flexibility index (Phi) is 6.49. The minimum Gasteiger partial charge on any atom is -0.368 e. The number of piperazine rings is 1. The van der Waals surface area contributed by atoms with Gasteiger partial charge in [-0.1, -0.05) is 42.5 Å². The summed E-state index contributed by atoms with van der Waals surface area (Å²) in [5, 5.41) is 11.2. The first-order chi connectivity index (χ1) is 14.3. The third-order valence-corrected chi connectivity index (χ3v) is 5.29. The monoisotopic (exact) mass is 393 g/mol. The zero-order valence-electron chi connectivity index (χ0n) is 16.5. The lowest BCUT2D eigenvalue weighted by Gasteiger charge is -2.34. The van der Waals surface area contributed by atoms with Gasteiger partial charge < -0.3 is 15.0 Å². The molecule has 1 N–H and O–H groups in total. The zero-order chi connectivity index (χ0) is 19.9. The number of carbonyl (C=O) groups is 1. The van der Waals surface area contributed by atoms with Crippen molar-refractivity contribution in [1.29, 1.82) is 0 Å². The number of benzene rings is 1. The van der Waals surface area contributed by atoms with Crippen molar-refractivity contribution in [1.82, 2.24) is 15.1 Å². The Balaban J connectivity index is 1.23. The van der Waals surface area contributed by atoms with Crippen molar-refractivity contribution in [3.05, 3.63) is 54.1 Å². The Bertz CT molecular complexity index is 811. The predicted molar refractivity (Wildman–Crippen MR) is 114 cm³/mol. The van der Waals surface area contributed by atoms with Crippen LogP contribution in [-0.4, -0.2) is 66.4 Å². The smallest absolute Gasteiger partial charge is 0.254 e. The van der Waals surface area contributed by atoms with Crippen LogP contribution in [0.15, 0.2) is 48.5 Å². The average Bonchev–Trinajstić information content (AvgIpc) is 3.31. The highest BCUT2D eigenvalue weighted by molar-refractivity contribution is 5.93. The number of hydrogen-bond acceptors (Lipinski definition) is 6. The van der Waals surface area contributed by atoms with E-state index in [0.29, 0.717) is 12.4 Å². The lowest BCUT2D eigenvalue weighted by molar-refractivity contribution is -0.124. The molecular weight excluding hydrogens is 366 g/mol. The largest absolute Gasteiger partial charge is 0.368 e. The maximum atomic E-state index is 12.1. The highest BCUT2D eigenvalue weighted by Crippen LogP contribution is 2.17. The van der Waals surface area contributed by atoms with Crippen LogP contribution in [0, 0.1) is 0 Å². The molecule has 7 nitrogen and oxygen atoms in total. The molecule has 7 heteroatoms. The van der Waals surface area contributed by atoms with Gasteiger partial charge in [-0.15, -0.1) is 10.2 Å². The molecule has 2 aliphatic heterocycles. The first-order valence-electron chi connectivity index (χ1n) is 10.2. The Morgan fingerprint density at radius 1 is 1.10 bits per heavy atom. The van der Waals surface area contributed by atoms with E-state index in [1.807, 2.05) is 18.2 Å². The van der Waals surface area contributed by atoms with Crippen LogP contribution in [0.5, 0.6) is 0 Å². The van der Waals surface area contributed by atoms with Crippen LogP contribution in [0.25, 0.3) is 6.08 Å². The minimum atomic E-state index is -0.361. The fourth-order valence-electron chi connectivity index (χ4n) is 3.61. The molecule has 0 bridgehead atoms. The molecule has 152 valence electrons. The molecule has 1 aromatic carbocycles. The molecule has 2 fully saturated rings. The maximum Gasteiger partial charge on any atom is 0.254 e. The van der Waals surface area contributed by atoms with Crippen LogP contribution < -0.4 is 10.2 Å². The Morgan fingerprint density at radius 2 is 1.93 bits per heavy atom. The fraction of sp³-hybridized carbons (Fsp3) is 0.409. The first kappa shape index (κ1) is 19.5. The van der Waals surface area contributed by atoms with Gasteiger partial charge in [0.1, 0.15) is 6.10 Å². The summed E-state index contributed by atoms with van der Waals surface area (Å²) in [5.41, 5.74) is 1.23. The Hall–Kier alpha value is -2.77. The lowest BCUT2D eigenvalue weighted by atomic mass is 10.2. The second-order valence-electron chi connectivity index (χ2n) is 7.37. The van der Waals surface area contributed by atoms with E-state index in [4.69, 9.17) is 4.74 Å². The van der Waals surface area contributed by atoms with Crippen LogP contribution in [0.1, 0.15) is 18.4 Å². The quantitative estimate of drug-likeness (QED) is 0.813. The fourth-order valence-corrected chi connectivity index (χ4v) is 3.61. The number of aromatic nitrogens is 2. The van der Waals surface area contributed by atoms with E-state index in [2.05, 4.69) is 61.7 Å². The third kappa shape index (κ3) is 5.40. The molecule has 1 amide bonds. The van der Waals surface area contributed by atoms with Crippen LogP contribution >= 0.6 is 0 Å². The van der Waals surface area contributed by atoms with Crippen molar-refractivity contribution in [2.24, 2.45) is 0 Å². The molecule has 1 atom stereocenters. The number of nitrogens with zero attached hydrogens (tertiary/aromatic N) is 4. The van der Waals surface area contributed by atoms with Crippen molar-refractivity contribution in [2.75, 3.05) is 49.5 Å². The summed E-state index contributed by atoms with van der Waals surface area (Å²) in [4.78, 5) is 16.8. The van der Waals surface area contributed by atoms with Crippen molar-refractivity contribution in [3.8, 4) is 0 Å². The second kappa shape index (κ2) is 9.62. The normalized spacial score (nSPS) is 20.3. The van der Waals surface area contributed by atoms with E-state index in [-0.39, 0.29) is 12.0 Å². The van der Waals surface area contributed by atoms with Gasteiger partial charge in [-0.05, 0) is 30.5 Å². The number of amides is 1. The molecule has 0 saturated carbocycles. The van der Waals surface area contributed by atoms with Crippen LogP contribution in [0.3, 0.4) is 0 Å². The van der Waals surface area contributed by atoms with Gasteiger partial charge in [0, 0.05) is 39.3 Å². The van der Waals surface area contributed by atoms with E-state index in [0.717, 1.165) is 51.4 Å². The summed E-state index contributed by atoms with van der Waals surface area (Å²) in [7, 11) is 0. The van der Waals surface area contributed by atoms with Crippen LogP contribution in [0.4, 0.5) is 11.6 Å². The minimum absolute atomic E-state index is 0.137. The van der Waals surface area contributed by atoms with Crippen LogP contribution in [-0.2, 0) is 9.53 Å². The lowest BCUT2D eigenvalue weighted by Crippen LogP contribution is -2.46. The van der Waals surface area contributed by atoms with E-state index in [9.17, 15) is 4.79 Å². The van der Waals surface area contributed by atoms with Crippen molar-refractivity contribution in [2.45, 2.75) is 18.9 Å². The van der Waals surface area contributed by atoms with Crippen LogP contribution in [0.2, 0.25) is 0 Å². The highest BCUT2D eigenvalue weighted by Gasteiger charge is 2.24. The second-order valence-corrected chi connectivity index (χ2v) is 7.37. The van der Waals surface area contributed by atoms with E-state index >= 15 is 0 Å². The van der Waals surface area contributed by atoms with E-state index < -0.39 is 0 Å². The Morgan fingerprint density at radius 3 is 2.62 bits per heavy atom. The predicted octanol–water partition coefficient (Wildman–Crippen LogP) is 2.43. The molecule has 0 aliphatic carbocycles. The average molecular weight is 393 g/mol. The molecule has 0 spiro atoms. The number of anilines is 2. The number of carbonyl (C=O) groups excluding carboxylic acids is 1. The topological polar surface area (TPSA) is 70.6 Å². The number of rotatable bonds is 6. The molecule has 1 unspecified atom stereocenters. The number of hydrogen-bond donors (Lipinski definition) is 1. The van der Waals surface area contributed by atoms with Crippen molar-refractivity contribution in [3.63, 3.8) is 0 Å². The van der Waals surface area contributed by atoms with Gasteiger partial charge in [-0.2, -0.15) is 0 Å². The summed E-state index contributed by atoms with van der Waals surface area (Å²) >= 11 is 0. The summed E-state index contributed by atoms with van der Waals surface area (Å²) in [6.07, 6.45) is 5.72. The van der Waals surface area contributed by atoms with Gasteiger partial charge in [0.05, 0.1) is 0 Å². The summed E-state index contributed by atoms with van der Waals surface area (Å²) in [6.45, 7) is 5.39. The van der Waals surface area contributed by atoms with E-state index in [1.165, 1.54) is 5.56 Å². The molecule has 2 saturated heterocycles. The summed E-state index contributed by atoms with van der Waals surface area (Å²) < 4.78 is 5.39. The third-order valence-electron chi connectivity index (χ3n) is 5.29. The molecule has 0 radical (unpaired) electrons. The van der Waals surface area contributed by atoms with Gasteiger partial charge >= 0.3 is 0 Å². The van der Waals surface area contributed by atoms with Crippen molar-refractivity contribution < 1.29 is 9.53 Å². The molecule has 1 aromatic heterocycles. The zero-order valence-corrected chi connectivity index (χ0v) is 16.5. The maximum absolute atomic E-state index is 12.1. The van der Waals surface area contributed by atoms with E-state index in [1.54, 1.807) is 0 Å². The molecule has 4 rings (SSSR count). The van der Waals surface area contributed by atoms with Gasteiger partial charge in [-0.25, -0.2) is 0 Å². The first-order valence-corrected chi connectivity index (χ1v) is 10.2.